The van der Waals surface area contributed by atoms with Crippen LogP contribution >= 0.6 is 23.1 Å². The number of hydrogen-bond donors (Lipinski definition) is 2. The number of ether oxygens (including phenoxy) is 1. The number of anilines is 2. The second-order valence-corrected chi connectivity index (χ2v) is 7.42. The van der Waals surface area contributed by atoms with Crippen molar-refractivity contribution < 1.29 is 9.53 Å². The van der Waals surface area contributed by atoms with E-state index >= 15 is 0 Å². The summed E-state index contributed by atoms with van der Waals surface area (Å²) in [5.74, 6) is 1.62. The van der Waals surface area contributed by atoms with Crippen LogP contribution in [0.4, 0.5) is 10.8 Å². The van der Waals surface area contributed by atoms with Gasteiger partial charge in [0.25, 0.3) is 0 Å². The van der Waals surface area contributed by atoms with Crippen LogP contribution in [0.3, 0.4) is 0 Å². The fourth-order valence-electron chi connectivity index (χ4n) is 2.02. The first kappa shape index (κ1) is 17.2. The average molecular weight is 372 g/mol. The highest BCUT2D eigenvalue weighted by atomic mass is 32.2. The third kappa shape index (κ3) is 5.20. The molecule has 25 heavy (non-hydrogen) atoms. The number of carbonyl (C=O) groups is 1. The summed E-state index contributed by atoms with van der Waals surface area (Å²) < 4.78 is 6.46. The number of aryl methyl sites for hydroxylation is 1. The van der Waals surface area contributed by atoms with Gasteiger partial charge in [-0.05, 0) is 48.9 Å². The van der Waals surface area contributed by atoms with Crippen molar-refractivity contribution in [2.45, 2.75) is 11.3 Å². The molecule has 0 aliphatic heterocycles. The molecule has 2 aromatic carbocycles. The quantitative estimate of drug-likeness (QED) is 0.637. The van der Waals surface area contributed by atoms with Gasteiger partial charge < -0.3 is 15.8 Å². The van der Waals surface area contributed by atoms with E-state index in [1.165, 1.54) is 23.1 Å². The van der Waals surface area contributed by atoms with E-state index in [0.717, 1.165) is 11.3 Å². The zero-order valence-corrected chi connectivity index (χ0v) is 15.1. The highest BCUT2D eigenvalue weighted by Crippen LogP contribution is 2.25. The second kappa shape index (κ2) is 8.00. The molecule has 0 unspecified atom stereocenters. The molecule has 3 rings (SSSR count). The van der Waals surface area contributed by atoms with Gasteiger partial charge >= 0.3 is 0 Å². The number of amides is 1. The number of benzene rings is 2. The van der Waals surface area contributed by atoms with Crippen molar-refractivity contribution >= 4 is 39.8 Å². The first-order chi connectivity index (χ1) is 12.1. The number of nitrogens with zero attached hydrogens (tertiary/aromatic N) is 2. The summed E-state index contributed by atoms with van der Waals surface area (Å²) in [6, 6.07) is 15.1. The van der Waals surface area contributed by atoms with E-state index in [1.807, 2.05) is 43.3 Å². The van der Waals surface area contributed by atoms with E-state index < -0.39 is 0 Å². The Morgan fingerprint density at radius 2 is 2.00 bits per heavy atom. The molecule has 0 spiro atoms. The highest BCUT2D eigenvalue weighted by Gasteiger charge is 2.07. The number of nitrogen functional groups attached to an aromatic ring is 1. The molecule has 0 fully saturated rings. The maximum absolute atomic E-state index is 12.0. The van der Waals surface area contributed by atoms with Gasteiger partial charge in [0.05, 0.1) is 5.75 Å². The Labute approximate surface area is 153 Å². The van der Waals surface area contributed by atoms with Gasteiger partial charge in [0.15, 0.2) is 4.34 Å². The Morgan fingerprint density at radius 3 is 2.68 bits per heavy atom. The number of nitrogens with one attached hydrogen (secondary N) is 1. The van der Waals surface area contributed by atoms with Crippen LogP contribution in [0.15, 0.2) is 52.9 Å². The van der Waals surface area contributed by atoms with Crippen molar-refractivity contribution in [2.75, 3.05) is 16.8 Å². The van der Waals surface area contributed by atoms with Crippen LogP contribution in [0.1, 0.15) is 5.56 Å². The molecule has 3 aromatic rings. The van der Waals surface area contributed by atoms with Crippen molar-refractivity contribution in [2.24, 2.45) is 0 Å². The van der Waals surface area contributed by atoms with Crippen LogP contribution in [0.2, 0.25) is 0 Å². The van der Waals surface area contributed by atoms with Crippen LogP contribution in [0.25, 0.3) is 0 Å². The molecule has 1 heterocycles. The van der Waals surface area contributed by atoms with E-state index in [1.54, 1.807) is 12.1 Å². The molecule has 0 aliphatic rings. The van der Waals surface area contributed by atoms with Gasteiger partial charge in [0.2, 0.25) is 11.0 Å². The van der Waals surface area contributed by atoms with E-state index in [9.17, 15) is 4.79 Å². The van der Waals surface area contributed by atoms with Gasteiger partial charge in [-0.25, -0.2) is 0 Å². The predicted molar refractivity (Wildman–Crippen MR) is 101 cm³/mol. The molecule has 1 amide bonds. The Balaban J connectivity index is 1.52. The van der Waals surface area contributed by atoms with Crippen LogP contribution in [0, 0.1) is 6.92 Å². The fourth-order valence-corrected chi connectivity index (χ4v) is 3.46. The summed E-state index contributed by atoms with van der Waals surface area (Å²) in [6.07, 6.45) is 0. The molecule has 3 N–H and O–H groups in total. The van der Waals surface area contributed by atoms with Gasteiger partial charge in [-0.3, -0.25) is 4.79 Å². The molecular formula is C17H16N4O2S2. The molecule has 8 heteroatoms. The minimum absolute atomic E-state index is 0.119. The Bertz CT molecular complexity index is 865. The molecule has 1 aromatic heterocycles. The zero-order chi connectivity index (χ0) is 17.6. The monoisotopic (exact) mass is 372 g/mol. The largest absolute Gasteiger partial charge is 0.457 e. The number of thioether (sulfide) groups is 1. The molecule has 0 aliphatic carbocycles. The second-order valence-electron chi connectivity index (χ2n) is 5.19. The summed E-state index contributed by atoms with van der Waals surface area (Å²) in [4.78, 5) is 12.0. The zero-order valence-electron chi connectivity index (χ0n) is 13.4. The lowest BCUT2D eigenvalue weighted by atomic mass is 10.2. The van der Waals surface area contributed by atoms with Crippen LogP contribution in [0.5, 0.6) is 11.5 Å². The first-order valence-electron chi connectivity index (χ1n) is 7.45. The lowest BCUT2D eigenvalue weighted by Gasteiger charge is -2.08. The molecular weight excluding hydrogens is 356 g/mol. The third-order valence-corrected chi connectivity index (χ3v) is 5.00. The Hall–Kier alpha value is -2.58. The molecule has 0 saturated carbocycles. The minimum Gasteiger partial charge on any atom is -0.457 e. The fraction of sp³-hybridized carbons (Fsp3) is 0.118. The van der Waals surface area contributed by atoms with Gasteiger partial charge in [-0.15, -0.1) is 10.2 Å². The standard InChI is InChI=1S/C17H16N4O2S2/c1-11-3-2-4-14(9-11)23-13-7-5-12(6-8-13)19-15(22)10-24-17-21-20-16(18)25-17/h2-9H,10H2,1H3,(H2,18,20)(H,19,22). The predicted octanol–water partition coefficient (Wildman–Crippen LogP) is 3.95. The third-order valence-electron chi connectivity index (χ3n) is 3.11. The number of carbonyl (C=O) groups excluding carboxylic acids is 1. The summed E-state index contributed by atoms with van der Waals surface area (Å²) in [5.41, 5.74) is 7.35. The Morgan fingerprint density at radius 1 is 1.20 bits per heavy atom. The molecule has 128 valence electrons. The molecule has 6 nitrogen and oxygen atoms in total. The van der Waals surface area contributed by atoms with E-state index in [0.29, 0.717) is 20.9 Å². The van der Waals surface area contributed by atoms with Gasteiger partial charge in [-0.1, -0.05) is 35.2 Å². The minimum atomic E-state index is -0.119. The van der Waals surface area contributed by atoms with Crippen LogP contribution < -0.4 is 15.8 Å². The molecule has 0 atom stereocenters. The van der Waals surface area contributed by atoms with E-state index in [4.69, 9.17) is 10.5 Å². The topological polar surface area (TPSA) is 90.1 Å². The average Bonchev–Trinajstić information content (AvgIpc) is 3.00. The van der Waals surface area contributed by atoms with Crippen molar-refractivity contribution in [1.29, 1.82) is 0 Å². The molecule has 0 radical (unpaired) electrons. The lowest BCUT2D eigenvalue weighted by Crippen LogP contribution is -2.13. The smallest absolute Gasteiger partial charge is 0.234 e. The number of nitrogens with two attached hydrogens (primary N) is 1. The SMILES string of the molecule is Cc1cccc(Oc2ccc(NC(=O)CSc3nnc(N)s3)cc2)c1. The molecule has 0 bridgehead atoms. The van der Waals surface area contributed by atoms with Crippen molar-refractivity contribution in [3.8, 4) is 11.5 Å². The number of hydrogen-bond acceptors (Lipinski definition) is 7. The summed E-state index contributed by atoms with van der Waals surface area (Å²) in [6.45, 7) is 2.01. The number of aromatic nitrogens is 2. The van der Waals surface area contributed by atoms with E-state index in [2.05, 4.69) is 15.5 Å². The van der Waals surface area contributed by atoms with Crippen molar-refractivity contribution in [1.82, 2.24) is 10.2 Å². The number of rotatable bonds is 6. The normalized spacial score (nSPS) is 10.4. The Kier molecular flexibility index (Phi) is 5.52. The van der Waals surface area contributed by atoms with Crippen LogP contribution in [-0.2, 0) is 4.79 Å². The summed E-state index contributed by atoms with van der Waals surface area (Å²) >= 11 is 2.56. The van der Waals surface area contributed by atoms with Crippen LogP contribution in [-0.4, -0.2) is 21.9 Å². The maximum atomic E-state index is 12.0. The summed E-state index contributed by atoms with van der Waals surface area (Å²) in [7, 11) is 0. The summed E-state index contributed by atoms with van der Waals surface area (Å²) in [5, 5.41) is 10.8. The van der Waals surface area contributed by atoms with Gasteiger partial charge in [0.1, 0.15) is 11.5 Å². The van der Waals surface area contributed by atoms with Gasteiger partial charge in [-0.2, -0.15) is 0 Å². The van der Waals surface area contributed by atoms with E-state index in [-0.39, 0.29) is 11.7 Å². The lowest BCUT2D eigenvalue weighted by molar-refractivity contribution is -0.113. The van der Waals surface area contributed by atoms with Gasteiger partial charge in [0, 0.05) is 5.69 Å². The maximum Gasteiger partial charge on any atom is 0.234 e. The highest BCUT2D eigenvalue weighted by molar-refractivity contribution is 8.01. The molecule has 0 saturated heterocycles. The first-order valence-corrected chi connectivity index (χ1v) is 9.25. The van der Waals surface area contributed by atoms with Crippen molar-refractivity contribution in [3.63, 3.8) is 0 Å². The van der Waals surface area contributed by atoms with Crippen molar-refractivity contribution in [3.05, 3.63) is 54.1 Å².